The first-order chi connectivity index (χ1) is 12.2. The van der Waals surface area contributed by atoms with E-state index in [1.165, 1.54) is 30.5 Å². The van der Waals surface area contributed by atoms with Crippen molar-refractivity contribution in [3.63, 3.8) is 0 Å². The highest BCUT2D eigenvalue weighted by Gasteiger charge is 2.20. The van der Waals surface area contributed by atoms with Crippen LogP contribution in [0.1, 0.15) is 41.1 Å². The lowest BCUT2D eigenvalue weighted by Crippen LogP contribution is -2.03. The maximum Gasteiger partial charge on any atom is 0.197 e. The summed E-state index contributed by atoms with van der Waals surface area (Å²) in [7, 11) is -3.17. The van der Waals surface area contributed by atoms with Gasteiger partial charge in [-0.1, -0.05) is 19.9 Å². The van der Waals surface area contributed by atoms with Gasteiger partial charge in [0.15, 0.2) is 15.6 Å². The van der Waals surface area contributed by atoms with Crippen LogP contribution < -0.4 is 0 Å². The van der Waals surface area contributed by atoms with Crippen LogP contribution in [0.2, 0.25) is 0 Å². The number of phenols is 1. The molecule has 0 bridgehead atoms. The number of hydrogen-bond donors (Lipinski definition) is 1. The molecule has 3 aromatic rings. The largest absolute Gasteiger partial charge is 0.508 e. The summed E-state index contributed by atoms with van der Waals surface area (Å²) < 4.78 is 28.6. The minimum absolute atomic E-state index is 0.0794. The van der Waals surface area contributed by atoms with Crippen molar-refractivity contribution in [2.24, 2.45) is 0 Å². The zero-order valence-corrected chi connectivity index (χ0v) is 16.1. The summed E-state index contributed by atoms with van der Waals surface area (Å²) in [5.41, 5.74) is 1.97. The third-order valence-corrected chi connectivity index (χ3v) is 4.57. The van der Waals surface area contributed by atoms with Gasteiger partial charge in [-0.2, -0.15) is 0 Å². The van der Waals surface area contributed by atoms with Gasteiger partial charge in [0.25, 0.3) is 0 Å². The second kappa shape index (κ2) is 7.74. The SMILES string of the molecule is CC.Cc1oc2ccc(CS(C)(=O)=O)cc2c1C(=O)c1ccc(O)cc1. The first kappa shape index (κ1) is 19.7. The fraction of sp³-hybridized carbons (Fsp3) is 0.250. The Morgan fingerprint density at radius 3 is 2.27 bits per heavy atom. The van der Waals surface area contributed by atoms with Gasteiger partial charge < -0.3 is 9.52 Å². The average Bonchev–Trinajstić information content (AvgIpc) is 2.90. The quantitative estimate of drug-likeness (QED) is 0.690. The Balaban J connectivity index is 0.00000117. The van der Waals surface area contributed by atoms with Crippen molar-refractivity contribution < 1.29 is 22.7 Å². The van der Waals surface area contributed by atoms with Crippen LogP contribution in [-0.4, -0.2) is 25.6 Å². The number of carbonyl (C=O) groups is 1. The molecule has 1 heterocycles. The molecular formula is C20H22O5S. The first-order valence-corrected chi connectivity index (χ1v) is 10.3. The zero-order valence-electron chi connectivity index (χ0n) is 15.2. The Labute approximate surface area is 153 Å². The smallest absolute Gasteiger partial charge is 0.197 e. The van der Waals surface area contributed by atoms with Crippen LogP contribution in [0.3, 0.4) is 0 Å². The molecule has 0 amide bonds. The third-order valence-electron chi connectivity index (χ3n) is 3.71. The van der Waals surface area contributed by atoms with Gasteiger partial charge in [0.05, 0.1) is 11.3 Å². The molecule has 2 aromatic carbocycles. The number of benzene rings is 2. The minimum atomic E-state index is -3.17. The molecule has 0 spiro atoms. The number of rotatable bonds is 4. The van der Waals surface area contributed by atoms with E-state index in [0.717, 1.165) is 0 Å². The van der Waals surface area contributed by atoms with Crippen LogP contribution in [-0.2, 0) is 15.6 Å². The van der Waals surface area contributed by atoms with Gasteiger partial charge in [-0.05, 0) is 48.9 Å². The summed E-state index contributed by atoms with van der Waals surface area (Å²) >= 11 is 0. The number of hydrogen-bond acceptors (Lipinski definition) is 5. The van der Waals surface area contributed by atoms with Gasteiger partial charge in [-0.3, -0.25) is 4.79 Å². The van der Waals surface area contributed by atoms with Crippen LogP contribution in [0.15, 0.2) is 46.9 Å². The number of carbonyl (C=O) groups excluding carboxylic acids is 1. The van der Waals surface area contributed by atoms with E-state index >= 15 is 0 Å². The highest BCUT2D eigenvalue weighted by Crippen LogP contribution is 2.29. The van der Waals surface area contributed by atoms with E-state index in [1.807, 2.05) is 13.8 Å². The summed E-state index contributed by atoms with van der Waals surface area (Å²) in [5.74, 6) is 0.220. The normalized spacial score (nSPS) is 11.1. The van der Waals surface area contributed by atoms with Crippen molar-refractivity contribution in [1.29, 1.82) is 0 Å². The Bertz CT molecular complexity index is 1030. The maximum absolute atomic E-state index is 12.8. The van der Waals surface area contributed by atoms with Gasteiger partial charge in [0.2, 0.25) is 0 Å². The van der Waals surface area contributed by atoms with Gasteiger partial charge in [0, 0.05) is 17.2 Å². The first-order valence-electron chi connectivity index (χ1n) is 8.28. The number of furan rings is 1. The Kier molecular flexibility index (Phi) is 5.87. The Hall–Kier alpha value is -2.60. The predicted molar refractivity (Wildman–Crippen MR) is 102 cm³/mol. The van der Waals surface area contributed by atoms with Gasteiger partial charge in [-0.25, -0.2) is 8.42 Å². The van der Waals surface area contributed by atoms with Crippen molar-refractivity contribution in [1.82, 2.24) is 0 Å². The molecule has 6 heteroatoms. The van der Waals surface area contributed by atoms with Gasteiger partial charge >= 0.3 is 0 Å². The predicted octanol–water partition coefficient (Wildman–Crippen LogP) is 4.25. The van der Waals surface area contributed by atoms with E-state index in [1.54, 1.807) is 25.1 Å². The molecule has 5 nitrogen and oxygen atoms in total. The Morgan fingerprint density at radius 1 is 1.08 bits per heavy atom. The summed E-state index contributed by atoms with van der Waals surface area (Å²) in [6.45, 7) is 5.70. The van der Waals surface area contributed by atoms with E-state index < -0.39 is 9.84 Å². The molecule has 26 heavy (non-hydrogen) atoms. The van der Waals surface area contributed by atoms with Crippen molar-refractivity contribution in [2.75, 3.05) is 6.26 Å². The van der Waals surface area contributed by atoms with E-state index in [2.05, 4.69) is 0 Å². The third kappa shape index (κ3) is 4.32. The number of aromatic hydroxyl groups is 1. The molecule has 0 saturated heterocycles. The molecule has 3 rings (SSSR count). The van der Waals surface area contributed by atoms with Crippen molar-refractivity contribution in [3.05, 3.63) is 64.9 Å². The molecule has 0 aliphatic rings. The highest BCUT2D eigenvalue weighted by atomic mass is 32.2. The summed E-state index contributed by atoms with van der Waals surface area (Å²) in [6.07, 6.45) is 1.17. The fourth-order valence-electron chi connectivity index (χ4n) is 2.70. The number of phenolic OH excluding ortho intramolecular Hbond substituents is 1. The second-order valence-corrected chi connectivity index (χ2v) is 7.95. The topological polar surface area (TPSA) is 84.6 Å². The van der Waals surface area contributed by atoms with Crippen LogP contribution in [0.5, 0.6) is 5.75 Å². The van der Waals surface area contributed by atoms with E-state index in [0.29, 0.717) is 33.4 Å². The molecule has 0 fully saturated rings. The fourth-order valence-corrected chi connectivity index (χ4v) is 3.48. The van der Waals surface area contributed by atoms with Crippen molar-refractivity contribution >= 4 is 26.6 Å². The lowest BCUT2D eigenvalue weighted by Gasteiger charge is -2.03. The molecule has 0 atom stereocenters. The monoisotopic (exact) mass is 374 g/mol. The standard InChI is InChI=1S/C18H16O5S.C2H6/c1-11-17(18(20)13-4-6-14(19)7-5-13)15-9-12(10-24(2,21)22)3-8-16(15)23-11;1-2/h3-9,19H,10H2,1-2H3;1-2H3. The molecule has 138 valence electrons. The molecular weight excluding hydrogens is 352 g/mol. The van der Waals surface area contributed by atoms with Crippen molar-refractivity contribution in [3.8, 4) is 5.75 Å². The molecule has 0 saturated carbocycles. The molecule has 0 unspecified atom stereocenters. The molecule has 0 aliphatic heterocycles. The van der Waals surface area contributed by atoms with E-state index in [4.69, 9.17) is 4.42 Å². The summed E-state index contributed by atoms with van der Waals surface area (Å²) in [5, 5.41) is 9.94. The van der Waals surface area contributed by atoms with Crippen LogP contribution in [0, 0.1) is 6.92 Å². The number of fused-ring (bicyclic) bond motifs is 1. The van der Waals surface area contributed by atoms with Crippen molar-refractivity contribution in [2.45, 2.75) is 26.5 Å². The van der Waals surface area contributed by atoms with Crippen LogP contribution >= 0.6 is 0 Å². The number of ketones is 1. The van der Waals surface area contributed by atoms with E-state index in [9.17, 15) is 18.3 Å². The van der Waals surface area contributed by atoms with Crippen LogP contribution in [0.25, 0.3) is 11.0 Å². The van der Waals surface area contributed by atoms with Gasteiger partial charge in [-0.15, -0.1) is 0 Å². The Morgan fingerprint density at radius 2 is 1.69 bits per heavy atom. The summed E-state index contributed by atoms with van der Waals surface area (Å²) in [4.78, 5) is 12.8. The molecule has 0 aliphatic carbocycles. The molecule has 1 aromatic heterocycles. The second-order valence-electron chi connectivity index (χ2n) is 5.81. The number of aryl methyl sites for hydroxylation is 1. The molecule has 1 N–H and O–H groups in total. The lowest BCUT2D eigenvalue weighted by atomic mass is 9.99. The lowest BCUT2D eigenvalue weighted by molar-refractivity contribution is 0.103. The minimum Gasteiger partial charge on any atom is -0.508 e. The van der Waals surface area contributed by atoms with Crippen LogP contribution in [0.4, 0.5) is 0 Å². The van der Waals surface area contributed by atoms with E-state index in [-0.39, 0.29) is 17.3 Å². The van der Waals surface area contributed by atoms with Gasteiger partial charge in [0.1, 0.15) is 17.1 Å². The maximum atomic E-state index is 12.8. The number of sulfone groups is 1. The highest BCUT2D eigenvalue weighted by molar-refractivity contribution is 7.89. The molecule has 0 radical (unpaired) electrons. The average molecular weight is 374 g/mol. The zero-order chi connectivity index (χ0) is 19.5. The summed E-state index contributed by atoms with van der Waals surface area (Å²) in [6, 6.07) is 11.0.